The van der Waals surface area contributed by atoms with E-state index in [0.29, 0.717) is 0 Å². The molecule has 0 amide bonds. The Morgan fingerprint density at radius 2 is 2.11 bits per heavy atom. The van der Waals surface area contributed by atoms with Crippen molar-refractivity contribution in [1.82, 2.24) is 10.3 Å². The number of nitrogens with one attached hydrogen (secondary N) is 1. The number of thiophene rings is 1. The lowest BCUT2D eigenvalue weighted by Gasteiger charge is -2.00. The van der Waals surface area contributed by atoms with E-state index in [1.807, 2.05) is 25.4 Å². The molecule has 0 fully saturated rings. The number of aromatic nitrogens is 1. The Balaban J connectivity index is 2.02. The summed E-state index contributed by atoms with van der Waals surface area (Å²) in [5.41, 5.74) is 3.57. The van der Waals surface area contributed by atoms with Crippen LogP contribution in [0, 0.1) is 0 Å². The van der Waals surface area contributed by atoms with E-state index < -0.39 is 0 Å². The molecular weight excluding hydrogens is 240 g/mol. The van der Waals surface area contributed by atoms with Crippen LogP contribution in [-0.2, 0) is 6.54 Å². The first kappa shape index (κ1) is 11.4. The van der Waals surface area contributed by atoms with Gasteiger partial charge in [0, 0.05) is 28.6 Å². The molecule has 0 radical (unpaired) electrons. The maximum atomic E-state index is 4.50. The summed E-state index contributed by atoms with van der Waals surface area (Å²) in [5, 5.41) is 6.56. The molecule has 18 heavy (non-hydrogen) atoms. The van der Waals surface area contributed by atoms with Gasteiger partial charge in [-0.05, 0) is 36.2 Å². The van der Waals surface area contributed by atoms with Crippen LogP contribution in [0.25, 0.3) is 21.3 Å². The van der Waals surface area contributed by atoms with Crippen LogP contribution in [0.15, 0.2) is 48.0 Å². The molecule has 3 heteroatoms. The molecule has 0 spiro atoms. The lowest BCUT2D eigenvalue weighted by Crippen LogP contribution is -2.03. The summed E-state index contributed by atoms with van der Waals surface area (Å²) in [5.74, 6) is 0. The zero-order chi connectivity index (χ0) is 12.4. The van der Waals surface area contributed by atoms with Crippen LogP contribution in [0.2, 0.25) is 0 Å². The van der Waals surface area contributed by atoms with Crippen LogP contribution in [0.4, 0.5) is 0 Å². The average molecular weight is 254 g/mol. The molecule has 3 aromatic rings. The third kappa shape index (κ3) is 2.15. The second-order valence-corrected chi connectivity index (χ2v) is 5.18. The molecule has 0 atom stereocenters. The maximum Gasteiger partial charge on any atom is 0.0702 e. The standard InChI is InChI=1S/C15H14N2S/c1-16-8-11-6-15(18-10-11)13-7-12-4-2-3-5-14(12)17-9-13/h2-7,9-10,16H,8H2,1H3. The second-order valence-electron chi connectivity index (χ2n) is 4.27. The number of hydrogen-bond donors (Lipinski definition) is 1. The third-order valence-corrected chi connectivity index (χ3v) is 3.94. The Labute approximate surface area is 110 Å². The minimum absolute atomic E-state index is 0.914. The summed E-state index contributed by atoms with van der Waals surface area (Å²) in [6.07, 6.45) is 1.96. The van der Waals surface area contributed by atoms with Crippen molar-refractivity contribution in [2.24, 2.45) is 0 Å². The average Bonchev–Trinajstić information content (AvgIpc) is 2.87. The van der Waals surface area contributed by atoms with Gasteiger partial charge in [-0.2, -0.15) is 0 Å². The van der Waals surface area contributed by atoms with E-state index in [4.69, 9.17) is 0 Å². The number of rotatable bonds is 3. The molecule has 1 aromatic carbocycles. The highest BCUT2D eigenvalue weighted by atomic mass is 32.1. The fourth-order valence-corrected chi connectivity index (χ4v) is 2.93. The number of hydrogen-bond acceptors (Lipinski definition) is 3. The second kappa shape index (κ2) is 4.88. The van der Waals surface area contributed by atoms with Crippen molar-refractivity contribution in [2.75, 3.05) is 7.05 Å². The van der Waals surface area contributed by atoms with Crippen LogP contribution in [-0.4, -0.2) is 12.0 Å². The fourth-order valence-electron chi connectivity index (χ4n) is 2.03. The highest BCUT2D eigenvalue weighted by Gasteiger charge is 2.04. The Bertz CT molecular complexity index is 673. The molecular formula is C15H14N2S. The zero-order valence-corrected chi connectivity index (χ0v) is 11.0. The summed E-state index contributed by atoms with van der Waals surface area (Å²) in [7, 11) is 1.97. The quantitative estimate of drug-likeness (QED) is 0.771. The van der Waals surface area contributed by atoms with Gasteiger partial charge in [-0.15, -0.1) is 11.3 Å². The van der Waals surface area contributed by atoms with Crippen molar-refractivity contribution < 1.29 is 0 Å². The number of fused-ring (bicyclic) bond motifs is 1. The first-order chi connectivity index (χ1) is 8.86. The van der Waals surface area contributed by atoms with Crippen LogP contribution in [0.3, 0.4) is 0 Å². The van der Waals surface area contributed by atoms with E-state index in [0.717, 1.165) is 12.1 Å². The Hall–Kier alpha value is -1.71. The largest absolute Gasteiger partial charge is 0.316 e. The molecule has 2 heterocycles. The van der Waals surface area contributed by atoms with Crippen LogP contribution in [0.1, 0.15) is 5.56 Å². The fraction of sp³-hybridized carbons (Fsp3) is 0.133. The summed E-state index contributed by atoms with van der Waals surface area (Å²) < 4.78 is 0. The van der Waals surface area contributed by atoms with E-state index in [-0.39, 0.29) is 0 Å². The van der Waals surface area contributed by atoms with Gasteiger partial charge >= 0.3 is 0 Å². The van der Waals surface area contributed by atoms with Gasteiger partial charge in [-0.25, -0.2) is 0 Å². The summed E-state index contributed by atoms with van der Waals surface area (Å²) in [4.78, 5) is 5.78. The molecule has 2 nitrogen and oxygen atoms in total. The molecule has 0 unspecified atom stereocenters. The predicted octanol–water partition coefficient (Wildman–Crippen LogP) is 3.68. The van der Waals surface area contributed by atoms with E-state index >= 15 is 0 Å². The van der Waals surface area contributed by atoms with Crippen molar-refractivity contribution in [1.29, 1.82) is 0 Å². The lowest BCUT2D eigenvalue weighted by atomic mass is 10.1. The maximum absolute atomic E-state index is 4.50. The van der Waals surface area contributed by atoms with Crippen molar-refractivity contribution in [3.63, 3.8) is 0 Å². The zero-order valence-electron chi connectivity index (χ0n) is 10.2. The predicted molar refractivity (Wildman–Crippen MR) is 77.8 cm³/mol. The molecule has 0 saturated heterocycles. The van der Waals surface area contributed by atoms with Gasteiger partial charge < -0.3 is 5.32 Å². The first-order valence-corrected chi connectivity index (χ1v) is 6.82. The number of benzene rings is 1. The van der Waals surface area contributed by atoms with Gasteiger partial charge in [0.15, 0.2) is 0 Å². The number of para-hydroxylation sites is 1. The summed E-state index contributed by atoms with van der Waals surface area (Å²) in [6.45, 7) is 0.914. The van der Waals surface area contributed by atoms with Gasteiger partial charge in [0.2, 0.25) is 0 Å². The molecule has 0 saturated carbocycles. The van der Waals surface area contributed by atoms with E-state index in [1.54, 1.807) is 11.3 Å². The Morgan fingerprint density at radius 3 is 3.00 bits per heavy atom. The molecule has 0 aliphatic carbocycles. The normalized spacial score (nSPS) is 10.9. The van der Waals surface area contributed by atoms with Gasteiger partial charge in [-0.3, -0.25) is 4.98 Å². The van der Waals surface area contributed by atoms with Crippen LogP contribution in [0.5, 0.6) is 0 Å². The smallest absolute Gasteiger partial charge is 0.0702 e. The monoisotopic (exact) mass is 254 g/mol. The van der Waals surface area contributed by atoms with Crippen LogP contribution < -0.4 is 5.32 Å². The number of nitrogens with zero attached hydrogens (tertiary/aromatic N) is 1. The summed E-state index contributed by atoms with van der Waals surface area (Å²) >= 11 is 1.77. The Kier molecular flexibility index (Phi) is 3.09. The minimum atomic E-state index is 0.914. The molecule has 1 N–H and O–H groups in total. The SMILES string of the molecule is CNCc1csc(-c2cnc3ccccc3c2)c1. The number of pyridine rings is 1. The summed E-state index contributed by atoms with van der Waals surface area (Å²) in [6, 6.07) is 12.7. The van der Waals surface area contributed by atoms with Crippen molar-refractivity contribution >= 4 is 22.2 Å². The van der Waals surface area contributed by atoms with Gasteiger partial charge in [0.1, 0.15) is 0 Å². The van der Waals surface area contributed by atoms with Crippen molar-refractivity contribution in [2.45, 2.75) is 6.54 Å². The van der Waals surface area contributed by atoms with Gasteiger partial charge in [-0.1, -0.05) is 18.2 Å². The van der Waals surface area contributed by atoms with E-state index in [2.05, 4.69) is 39.9 Å². The lowest BCUT2D eigenvalue weighted by molar-refractivity contribution is 0.821. The third-order valence-electron chi connectivity index (χ3n) is 2.91. The molecule has 3 rings (SSSR count). The van der Waals surface area contributed by atoms with E-state index in [9.17, 15) is 0 Å². The first-order valence-electron chi connectivity index (χ1n) is 5.94. The minimum Gasteiger partial charge on any atom is -0.316 e. The van der Waals surface area contributed by atoms with Gasteiger partial charge in [0.25, 0.3) is 0 Å². The highest BCUT2D eigenvalue weighted by molar-refractivity contribution is 7.13. The topological polar surface area (TPSA) is 24.9 Å². The molecule has 0 aliphatic rings. The van der Waals surface area contributed by atoms with Gasteiger partial charge in [0.05, 0.1) is 5.52 Å². The Morgan fingerprint density at radius 1 is 1.22 bits per heavy atom. The molecule has 0 aliphatic heterocycles. The van der Waals surface area contributed by atoms with Crippen molar-refractivity contribution in [3.8, 4) is 10.4 Å². The van der Waals surface area contributed by atoms with E-state index in [1.165, 1.54) is 21.4 Å². The van der Waals surface area contributed by atoms with Crippen LogP contribution >= 0.6 is 11.3 Å². The molecule has 0 bridgehead atoms. The highest BCUT2D eigenvalue weighted by Crippen LogP contribution is 2.28. The van der Waals surface area contributed by atoms with Crippen molar-refractivity contribution in [3.05, 3.63) is 53.5 Å². The molecule has 90 valence electrons. The molecule has 2 aromatic heterocycles.